The Morgan fingerprint density at radius 3 is 2.71 bits per heavy atom. The Hall–Kier alpha value is -1.69. The van der Waals surface area contributed by atoms with Crippen molar-refractivity contribution in [3.63, 3.8) is 0 Å². The van der Waals surface area contributed by atoms with Crippen LogP contribution in [0.25, 0.3) is 10.2 Å². The highest BCUT2D eigenvalue weighted by molar-refractivity contribution is 7.18. The number of rotatable bonds is 5. The average Bonchev–Trinajstić information content (AvgIpc) is 2.89. The summed E-state index contributed by atoms with van der Waals surface area (Å²) in [6.45, 7) is 5.52. The molecule has 0 saturated carbocycles. The Morgan fingerprint density at radius 1 is 1.33 bits per heavy atom. The summed E-state index contributed by atoms with van der Waals surface area (Å²) in [6.07, 6.45) is 5.79. The molecule has 0 fully saturated rings. The van der Waals surface area contributed by atoms with Crippen LogP contribution in [0.2, 0.25) is 0 Å². The van der Waals surface area contributed by atoms with Crippen molar-refractivity contribution in [3.8, 4) is 0 Å². The van der Waals surface area contributed by atoms with Gasteiger partial charge in [-0.2, -0.15) is 0 Å². The number of aliphatic carboxylic acids is 1. The molecule has 0 aromatic carbocycles. The maximum absolute atomic E-state index is 13.2. The lowest BCUT2D eigenvalue weighted by Gasteiger charge is -2.22. The molecule has 2 aromatic heterocycles. The lowest BCUT2D eigenvalue weighted by Crippen LogP contribution is -2.36. The van der Waals surface area contributed by atoms with Crippen LogP contribution in [0.5, 0.6) is 0 Å². The van der Waals surface area contributed by atoms with E-state index in [1.54, 1.807) is 29.8 Å². The van der Waals surface area contributed by atoms with E-state index in [0.717, 1.165) is 41.5 Å². The monoisotopic (exact) mass is 348 g/mol. The Morgan fingerprint density at radius 2 is 2.04 bits per heavy atom. The first-order chi connectivity index (χ1) is 11.3. The van der Waals surface area contributed by atoms with Gasteiger partial charge in [0.25, 0.3) is 5.56 Å². The topological polar surface area (TPSA) is 72.2 Å². The number of carbonyl (C=O) groups is 1. The number of hydrogen-bond donors (Lipinski definition) is 1. The largest absolute Gasteiger partial charge is 0.481 e. The first kappa shape index (κ1) is 17.1. The molecule has 0 atom stereocenters. The van der Waals surface area contributed by atoms with Gasteiger partial charge in [0.05, 0.1) is 10.8 Å². The Kier molecular flexibility index (Phi) is 4.51. The van der Waals surface area contributed by atoms with Gasteiger partial charge in [0.1, 0.15) is 10.7 Å². The van der Waals surface area contributed by atoms with Gasteiger partial charge in [0.15, 0.2) is 0 Å². The fourth-order valence-corrected chi connectivity index (χ4v) is 4.59. The molecular weight excluding hydrogens is 324 g/mol. The Bertz CT molecular complexity index is 848. The number of thiophene rings is 1. The molecule has 0 aliphatic heterocycles. The highest BCUT2D eigenvalue weighted by Gasteiger charge is 2.30. The van der Waals surface area contributed by atoms with Crippen molar-refractivity contribution in [2.24, 2.45) is 5.41 Å². The molecule has 0 amide bonds. The zero-order valence-electron chi connectivity index (χ0n) is 14.5. The number of hydrogen-bond acceptors (Lipinski definition) is 4. The summed E-state index contributed by atoms with van der Waals surface area (Å²) in [5.74, 6) is -0.188. The summed E-state index contributed by atoms with van der Waals surface area (Å²) < 4.78 is 1.61. The molecule has 6 heteroatoms. The SMILES string of the molecule is CCCc1nc2sc3c(c2c(=O)n1CC(C)(C)C(=O)O)CCCC3. The predicted molar refractivity (Wildman–Crippen MR) is 95.9 cm³/mol. The normalized spacial score (nSPS) is 14.8. The minimum atomic E-state index is -1.00. The molecule has 5 nitrogen and oxygen atoms in total. The molecule has 0 saturated heterocycles. The molecule has 0 spiro atoms. The van der Waals surface area contributed by atoms with Gasteiger partial charge in [0, 0.05) is 17.8 Å². The van der Waals surface area contributed by atoms with Crippen molar-refractivity contribution in [3.05, 3.63) is 26.6 Å². The summed E-state index contributed by atoms with van der Waals surface area (Å²) in [4.78, 5) is 31.6. The van der Waals surface area contributed by atoms with E-state index in [2.05, 4.69) is 0 Å². The maximum Gasteiger partial charge on any atom is 0.310 e. The maximum atomic E-state index is 13.2. The van der Waals surface area contributed by atoms with E-state index in [0.29, 0.717) is 12.2 Å². The summed E-state index contributed by atoms with van der Waals surface area (Å²) in [7, 11) is 0. The van der Waals surface area contributed by atoms with Crippen molar-refractivity contribution in [1.82, 2.24) is 9.55 Å². The van der Waals surface area contributed by atoms with E-state index in [4.69, 9.17) is 4.98 Å². The summed E-state index contributed by atoms with van der Waals surface area (Å²) >= 11 is 1.65. The third kappa shape index (κ3) is 2.88. The summed E-state index contributed by atoms with van der Waals surface area (Å²) in [5.41, 5.74) is 0.0958. The lowest BCUT2D eigenvalue weighted by molar-refractivity contribution is -0.147. The van der Waals surface area contributed by atoms with Crippen molar-refractivity contribution in [2.75, 3.05) is 0 Å². The van der Waals surface area contributed by atoms with Crippen LogP contribution in [0.3, 0.4) is 0 Å². The molecule has 1 aliphatic carbocycles. The standard InChI is InChI=1S/C18H24N2O3S/c1-4-7-13-19-15-14(11-8-5-6-9-12(11)24-15)16(21)20(13)10-18(2,3)17(22)23/h4-10H2,1-3H3,(H,22,23). The van der Waals surface area contributed by atoms with E-state index in [-0.39, 0.29) is 12.1 Å². The van der Waals surface area contributed by atoms with Gasteiger partial charge in [0.2, 0.25) is 0 Å². The van der Waals surface area contributed by atoms with Crippen LogP contribution in [-0.4, -0.2) is 20.6 Å². The fourth-order valence-electron chi connectivity index (χ4n) is 3.32. The number of carboxylic acid groups (broad SMARTS) is 1. The van der Waals surface area contributed by atoms with Crippen LogP contribution in [-0.2, 0) is 30.6 Å². The first-order valence-electron chi connectivity index (χ1n) is 8.62. The zero-order chi connectivity index (χ0) is 17.5. The molecule has 2 heterocycles. The Balaban J connectivity index is 2.22. The van der Waals surface area contributed by atoms with Crippen molar-refractivity contribution in [1.29, 1.82) is 0 Å². The van der Waals surface area contributed by atoms with Crippen LogP contribution in [0.15, 0.2) is 4.79 Å². The molecular formula is C18H24N2O3S. The first-order valence-corrected chi connectivity index (χ1v) is 9.44. The zero-order valence-corrected chi connectivity index (χ0v) is 15.3. The van der Waals surface area contributed by atoms with Crippen LogP contribution in [0, 0.1) is 5.41 Å². The minimum Gasteiger partial charge on any atom is -0.481 e. The molecule has 3 rings (SSSR count). The fraction of sp³-hybridized carbons (Fsp3) is 0.611. The lowest BCUT2D eigenvalue weighted by atomic mass is 9.93. The van der Waals surface area contributed by atoms with Crippen molar-refractivity contribution in [2.45, 2.75) is 65.8 Å². The second kappa shape index (κ2) is 6.31. The molecule has 0 radical (unpaired) electrons. The molecule has 2 aromatic rings. The van der Waals surface area contributed by atoms with Gasteiger partial charge in [-0.25, -0.2) is 4.98 Å². The van der Waals surface area contributed by atoms with Gasteiger partial charge < -0.3 is 5.11 Å². The predicted octanol–water partition coefficient (Wildman–Crippen LogP) is 3.40. The number of nitrogens with zero attached hydrogens (tertiary/aromatic N) is 2. The van der Waals surface area contributed by atoms with Crippen molar-refractivity contribution >= 4 is 27.5 Å². The second-order valence-electron chi connectivity index (χ2n) is 7.25. The molecule has 130 valence electrons. The molecule has 0 bridgehead atoms. The van der Waals surface area contributed by atoms with E-state index >= 15 is 0 Å². The van der Waals surface area contributed by atoms with Gasteiger partial charge in [-0.15, -0.1) is 11.3 Å². The number of carboxylic acids is 1. The van der Waals surface area contributed by atoms with Crippen LogP contribution in [0.4, 0.5) is 0 Å². The van der Waals surface area contributed by atoms with E-state index < -0.39 is 11.4 Å². The average molecular weight is 348 g/mol. The number of aromatic nitrogens is 2. The highest BCUT2D eigenvalue weighted by atomic mass is 32.1. The second-order valence-corrected chi connectivity index (χ2v) is 8.33. The van der Waals surface area contributed by atoms with Crippen LogP contribution >= 0.6 is 11.3 Å². The molecule has 24 heavy (non-hydrogen) atoms. The molecule has 0 unspecified atom stereocenters. The molecule has 1 N–H and O–H groups in total. The number of fused-ring (bicyclic) bond motifs is 3. The summed E-state index contributed by atoms with van der Waals surface area (Å²) in [6, 6.07) is 0. The minimum absolute atomic E-state index is 0.0582. The summed E-state index contributed by atoms with van der Waals surface area (Å²) in [5, 5.41) is 10.2. The van der Waals surface area contributed by atoms with Crippen LogP contribution in [0.1, 0.15) is 56.3 Å². The molecule has 1 aliphatic rings. The van der Waals surface area contributed by atoms with E-state index in [1.165, 1.54) is 11.3 Å². The van der Waals surface area contributed by atoms with E-state index in [9.17, 15) is 14.7 Å². The van der Waals surface area contributed by atoms with Crippen molar-refractivity contribution < 1.29 is 9.90 Å². The van der Waals surface area contributed by atoms with E-state index in [1.807, 2.05) is 6.92 Å². The quantitative estimate of drug-likeness (QED) is 0.899. The smallest absolute Gasteiger partial charge is 0.310 e. The van der Waals surface area contributed by atoms with Crippen LogP contribution < -0.4 is 5.56 Å². The highest BCUT2D eigenvalue weighted by Crippen LogP contribution is 2.34. The number of aryl methyl sites for hydroxylation is 3. The van der Waals surface area contributed by atoms with Gasteiger partial charge in [-0.3, -0.25) is 14.2 Å². The van der Waals surface area contributed by atoms with Gasteiger partial charge in [-0.1, -0.05) is 6.92 Å². The Labute approximate surface area is 145 Å². The third-order valence-electron chi connectivity index (χ3n) is 4.76. The van der Waals surface area contributed by atoms with Gasteiger partial charge >= 0.3 is 5.97 Å². The third-order valence-corrected chi connectivity index (χ3v) is 5.95. The van der Waals surface area contributed by atoms with Gasteiger partial charge in [-0.05, 0) is 51.5 Å².